The molecule has 0 aromatic heterocycles. The lowest BCUT2D eigenvalue weighted by Gasteiger charge is -2.13. The van der Waals surface area contributed by atoms with Crippen molar-refractivity contribution in [2.45, 2.75) is 52.9 Å². The van der Waals surface area contributed by atoms with Gasteiger partial charge in [-0.05, 0) is 6.92 Å². The first-order valence-corrected chi connectivity index (χ1v) is 9.34. The number of hydrogen-bond donors (Lipinski definition) is 0. The molecule has 0 aromatic carbocycles. The molecule has 84 valence electrons. The average Bonchev–Trinajstić information content (AvgIpc) is 2.05. The summed E-state index contributed by atoms with van der Waals surface area (Å²) in [5.74, 6) is 0.331. The molecule has 0 N–H and O–H groups in total. The zero-order chi connectivity index (χ0) is 12.2. The third kappa shape index (κ3) is 41.2. The highest BCUT2D eigenvalue weighted by Gasteiger charge is 2.12. The van der Waals surface area contributed by atoms with Crippen LogP contribution in [-0.4, -0.2) is 23.1 Å². The highest BCUT2D eigenvalue weighted by Crippen LogP contribution is 2.10. The fourth-order valence-electron chi connectivity index (χ4n) is 0.551. The SMILES string of the molecule is CC.CC(=O)CC[Si](C)(C)C.O=[Si]=O. The van der Waals surface area contributed by atoms with Gasteiger partial charge in [0.1, 0.15) is 5.78 Å². The second-order valence-corrected chi connectivity index (χ2v) is 9.63. The van der Waals surface area contributed by atoms with Crippen LogP contribution < -0.4 is 0 Å². The Labute approximate surface area is 90.2 Å². The Hall–Kier alpha value is -0.296. The van der Waals surface area contributed by atoms with E-state index in [2.05, 4.69) is 19.6 Å². The molecule has 0 aliphatic heterocycles. The van der Waals surface area contributed by atoms with Crippen LogP contribution in [0.25, 0.3) is 0 Å². The molecule has 0 saturated heterocycles. The van der Waals surface area contributed by atoms with E-state index >= 15 is 0 Å². The second-order valence-electron chi connectivity index (χ2n) is 3.85. The largest absolute Gasteiger partial charge is 0.549 e. The van der Waals surface area contributed by atoms with Crippen molar-refractivity contribution in [2.24, 2.45) is 0 Å². The van der Waals surface area contributed by atoms with Crippen molar-refractivity contribution in [3.8, 4) is 0 Å². The van der Waals surface area contributed by atoms with E-state index in [0.29, 0.717) is 5.78 Å². The number of Topliss-reactive ketones (excluding diaryl/α,β-unsaturated/α-hetero) is 1. The van der Waals surface area contributed by atoms with Gasteiger partial charge in [-0.25, -0.2) is 0 Å². The van der Waals surface area contributed by atoms with Gasteiger partial charge in [0.25, 0.3) is 0 Å². The number of ketones is 1. The lowest BCUT2D eigenvalue weighted by molar-refractivity contribution is -0.116. The molecule has 0 aromatic rings. The molecule has 0 amide bonds. The van der Waals surface area contributed by atoms with Gasteiger partial charge in [-0.2, -0.15) is 0 Å². The van der Waals surface area contributed by atoms with Crippen LogP contribution in [0.4, 0.5) is 0 Å². The lowest BCUT2D eigenvalue weighted by Crippen LogP contribution is -2.19. The van der Waals surface area contributed by atoms with Crippen LogP contribution in [0.1, 0.15) is 27.2 Å². The quantitative estimate of drug-likeness (QED) is 0.706. The van der Waals surface area contributed by atoms with E-state index in [1.165, 1.54) is 0 Å². The smallest absolute Gasteiger partial charge is 0.300 e. The molecule has 0 fully saturated rings. The first-order chi connectivity index (χ1) is 6.33. The van der Waals surface area contributed by atoms with Crippen LogP contribution in [0, 0.1) is 0 Å². The van der Waals surface area contributed by atoms with E-state index < -0.39 is 17.4 Å². The van der Waals surface area contributed by atoms with Gasteiger partial charge in [-0.1, -0.05) is 39.5 Å². The summed E-state index contributed by atoms with van der Waals surface area (Å²) in [4.78, 5) is 10.5. The van der Waals surface area contributed by atoms with Crippen LogP contribution >= 0.6 is 0 Å². The molecule has 0 unspecified atom stereocenters. The molecule has 0 atom stereocenters. The van der Waals surface area contributed by atoms with E-state index in [1.807, 2.05) is 13.8 Å². The van der Waals surface area contributed by atoms with Gasteiger partial charge in [-0.15, -0.1) is 0 Å². The molecule has 0 aliphatic carbocycles. The zero-order valence-electron chi connectivity index (χ0n) is 10.1. The minimum atomic E-state index is -1.42. The molecular formula is C9H22O3Si2. The zero-order valence-corrected chi connectivity index (χ0v) is 12.1. The van der Waals surface area contributed by atoms with Crippen molar-refractivity contribution in [3.63, 3.8) is 0 Å². The predicted octanol–water partition coefficient (Wildman–Crippen LogP) is 2.71. The molecule has 3 nitrogen and oxygen atoms in total. The highest BCUT2D eigenvalue weighted by atomic mass is 28.3. The van der Waals surface area contributed by atoms with Crippen LogP contribution in [-0.2, 0) is 13.7 Å². The van der Waals surface area contributed by atoms with Crippen molar-refractivity contribution in [1.82, 2.24) is 0 Å². The van der Waals surface area contributed by atoms with Crippen LogP contribution in [0.2, 0.25) is 25.7 Å². The van der Waals surface area contributed by atoms with E-state index in [4.69, 9.17) is 8.92 Å². The normalized spacial score (nSPS) is 8.43. The van der Waals surface area contributed by atoms with Crippen LogP contribution in [0.5, 0.6) is 0 Å². The number of carbonyl (C=O) groups excluding carboxylic acids is 1. The number of carbonyl (C=O) groups is 1. The Bertz CT molecular complexity index is 167. The van der Waals surface area contributed by atoms with Gasteiger partial charge >= 0.3 is 9.29 Å². The van der Waals surface area contributed by atoms with E-state index in [0.717, 1.165) is 12.5 Å². The molecule has 0 spiro atoms. The molecule has 0 rings (SSSR count). The van der Waals surface area contributed by atoms with E-state index in [1.54, 1.807) is 6.92 Å². The molecular weight excluding hydrogens is 212 g/mol. The summed E-state index contributed by atoms with van der Waals surface area (Å²) in [5, 5.41) is 0. The average molecular weight is 234 g/mol. The minimum Gasteiger partial charge on any atom is -0.300 e. The van der Waals surface area contributed by atoms with Gasteiger partial charge in [0.05, 0.1) is 0 Å². The number of hydrogen-bond acceptors (Lipinski definition) is 3. The minimum absolute atomic E-state index is 0.331. The standard InChI is InChI=1S/C7H16OSi.C2H6.O2Si/c1-7(8)5-6-9(2,3)4;1-2;1-3-2/h5-6H2,1-4H3;1-2H3;. The molecule has 0 radical (unpaired) electrons. The maximum Gasteiger partial charge on any atom is 0.549 e. The Morgan fingerprint density at radius 1 is 1.14 bits per heavy atom. The third-order valence-corrected chi connectivity index (χ3v) is 2.98. The van der Waals surface area contributed by atoms with Gasteiger partial charge in [0.2, 0.25) is 0 Å². The Morgan fingerprint density at radius 3 is 1.50 bits per heavy atom. The molecule has 0 saturated carbocycles. The van der Waals surface area contributed by atoms with Crippen molar-refractivity contribution in [1.29, 1.82) is 0 Å². The fourth-order valence-corrected chi connectivity index (χ4v) is 1.65. The summed E-state index contributed by atoms with van der Waals surface area (Å²) >= 11 is 0. The fraction of sp³-hybridized carbons (Fsp3) is 0.889. The summed E-state index contributed by atoms with van der Waals surface area (Å²) in [6, 6.07) is 1.14. The molecule has 0 bridgehead atoms. The molecule has 0 aliphatic rings. The third-order valence-electron chi connectivity index (χ3n) is 1.23. The predicted molar refractivity (Wildman–Crippen MR) is 61.9 cm³/mol. The molecule has 14 heavy (non-hydrogen) atoms. The summed E-state index contributed by atoms with van der Waals surface area (Å²) in [6.45, 7) is 12.5. The molecule has 0 heterocycles. The number of rotatable bonds is 3. The van der Waals surface area contributed by atoms with Crippen molar-refractivity contribution >= 4 is 23.1 Å². The van der Waals surface area contributed by atoms with Crippen molar-refractivity contribution in [3.05, 3.63) is 0 Å². The van der Waals surface area contributed by atoms with Crippen LogP contribution in [0.3, 0.4) is 0 Å². The second kappa shape index (κ2) is 12.7. The van der Waals surface area contributed by atoms with E-state index in [-0.39, 0.29) is 0 Å². The summed E-state index contributed by atoms with van der Waals surface area (Å²) in [5.41, 5.74) is 0. The van der Waals surface area contributed by atoms with Crippen molar-refractivity contribution < 1.29 is 13.7 Å². The van der Waals surface area contributed by atoms with Gasteiger partial charge < -0.3 is 4.79 Å². The summed E-state index contributed by atoms with van der Waals surface area (Å²) in [6.07, 6.45) is 0.787. The first kappa shape index (κ1) is 19.3. The van der Waals surface area contributed by atoms with Crippen LogP contribution in [0.15, 0.2) is 0 Å². The van der Waals surface area contributed by atoms with Gasteiger partial charge in [0, 0.05) is 14.5 Å². The monoisotopic (exact) mass is 234 g/mol. The maximum absolute atomic E-state index is 10.5. The van der Waals surface area contributed by atoms with E-state index in [9.17, 15) is 4.79 Å². The van der Waals surface area contributed by atoms with Crippen molar-refractivity contribution in [2.75, 3.05) is 0 Å². The summed E-state index contributed by atoms with van der Waals surface area (Å²) in [7, 11) is -2.36. The van der Waals surface area contributed by atoms with Gasteiger partial charge in [0.15, 0.2) is 0 Å². The Morgan fingerprint density at radius 2 is 1.43 bits per heavy atom. The first-order valence-electron chi connectivity index (χ1n) is 4.82. The van der Waals surface area contributed by atoms with Gasteiger partial charge in [-0.3, -0.25) is 8.92 Å². The highest BCUT2D eigenvalue weighted by molar-refractivity contribution is 6.76. The lowest BCUT2D eigenvalue weighted by atomic mass is 10.4. The Kier molecular flexibility index (Phi) is 17.5. The summed E-state index contributed by atoms with van der Waals surface area (Å²) < 4.78 is 16.8. The maximum atomic E-state index is 10.5. The Balaban J connectivity index is -0.000000205. The molecule has 5 heteroatoms. The topological polar surface area (TPSA) is 51.2 Å².